The molecule has 110 valence electrons. The number of ether oxygens (including phenoxy) is 1. The van der Waals surface area contributed by atoms with Crippen LogP contribution in [0.3, 0.4) is 0 Å². The number of carbonyl (C=O) groups is 1. The van der Waals surface area contributed by atoms with E-state index in [-0.39, 0.29) is 17.2 Å². The Morgan fingerprint density at radius 2 is 1.76 bits per heavy atom. The van der Waals surface area contributed by atoms with Gasteiger partial charge in [-0.05, 0) is 23.8 Å². The summed E-state index contributed by atoms with van der Waals surface area (Å²) in [6.07, 6.45) is -4.54. The van der Waals surface area contributed by atoms with Gasteiger partial charge < -0.3 is 4.74 Å². The van der Waals surface area contributed by atoms with Crippen molar-refractivity contribution in [1.29, 1.82) is 0 Å². The molecule has 0 aliphatic carbocycles. The largest absolute Gasteiger partial charge is 0.457 e. The standard InChI is InChI=1S/C15H10ClF3O2/c16-13-7-6-11(15(17,18)19)8-12(13)14(20)21-9-10-4-2-1-3-5-10/h1-8H,9H2. The van der Waals surface area contributed by atoms with Crippen LogP contribution in [-0.2, 0) is 17.5 Å². The lowest BCUT2D eigenvalue weighted by Gasteiger charge is -2.10. The summed E-state index contributed by atoms with van der Waals surface area (Å²) in [5.41, 5.74) is -0.519. The molecule has 0 heterocycles. The Bertz CT molecular complexity index is 639. The Morgan fingerprint density at radius 1 is 1.10 bits per heavy atom. The van der Waals surface area contributed by atoms with Gasteiger partial charge in [0.1, 0.15) is 6.61 Å². The fraction of sp³-hybridized carbons (Fsp3) is 0.133. The Hall–Kier alpha value is -2.01. The van der Waals surface area contributed by atoms with Crippen LogP contribution < -0.4 is 0 Å². The average molecular weight is 315 g/mol. The molecule has 0 N–H and O–H groups in total. The zero-order valence-electron chi connectivity index (χ0n) is 10.7. The molecule has 0 fully saturated rings. The second kappa shape index (κ2) is 6.18. The van der Waals surface area contributed by atoms with Crippen molar-refractivity contribution in [2.24, 2.45) is 0 Å². The normalized spacial score (nSPS) is 11.2. The van der Waals surface area contributed by atoms with Crippen molar-refractivity contribution in [3.8, 4) is 0 Å². The average Bonchev–Trinajstić information content (AvgIpc) is 2.45. The summed E-state index contributed by atoms with van der Waals surface area (Å²) >= 11 is 5.75. The third-order valence-corrected chi connectivity index (χ3v) is 3.06. The minimum absolute atomic E-state index is 0.0355. The van der Waals surface area contributed by atoms with Crippen LogP contribution in [0.4, 0.5) is 13.2 Å². The molecular weight excluding hydrogens is 305 g/mol. The lowest BCUT2D eigenvalue weighted by atomic mass is 10.1. The third kappa shape index (κ3) is 3.98. The quantitative estimate of drug-likeness (QED) is 0.767. The van der Waals surface area contributed by atoms with Crippen molar-refractivity contribution in [3.63, 3.8) is 0 Å². The van der Waals surface area contributed by atoms with E-state index in [1.165, 1.54) is 0 Å². The second-order valence-corrected chi connectivity index (χ2v) is 4.66. The van der Waals surface area contributed by atoms with Crippen molar-refractivity contribution < 1.29 is 22.7 Å². The predicted octanol–water partition coefficient (Wildman–Crippen LogP) is 4.72. The molecule has 2 aromatic carbocycles. The number of rotatable bonds is 3. The van der Waals surface area contributed by atoms with Gasteiger partial charge in [0.25, 0.3) is 0 Å². The molecule has 0 amide bonds. The second-order valence-electron chi connectivity index (χ2n) is 4.25. The van der Waals surface area contributed by atoms with Crippen LogP contribution in [0.1, 0.15) is 21.5 Å². The molecule has 0 bridgehead atoms. The number of esters is 1. The van der Waals surface area contributed by atoms with Gasteiger partial charge in [-0.1, -0.05) is 41.9 Å². The zero-order valence-corrected chi connectivity index (χ0v) is 11.4. The van der Waals surface area contributed by atoms with Crippen LogP contribution in [0.15, 0.2) is 48.5 Å². The lowest BCUT2D eigenvalue weighted by molar-refractivity contribution is -0.137. The van der Waals surface area contributed by atoms with Gasteiger partial charge in [-0.2, -0.15) is 13.2 Å². The van der Waals surface area contributed by atoms with Gasteiger partial charge in [0.15, 0.2) is 0 Å². The molecule has 2 rings (SSSR count). The van der Waals surface area contributed by atoms with Crippen LogP contribution in [0.25, 0.3) is 0 Å². The van der Waals surface area contributed by atoms with E-state index >= 15 is 0 Å². The number of hydrogen-bond donors (Lipinski definition) is 0. The molecule has 0 aliphatic heterocycles. The molecule has 0 spiro atoms. The van der Waals surface area contributed by atoms with E-state index in [0.29, 0.717) is 6.07 Å². The topological polar surface area (TPSA) is 26.3 Å². The van der Waals surface area contributed by atoms with Crippen LogP contribution in [-0.4, -0.2) is 5.97 Å². The SMILES string of the molecule is O=C(OCc1ccccc1)c1cc(C(F)(F)F)ccc1Cl. The fourth-order valence-electron chi connectivity index (χ4n) is 1.66. The van der Waals surface area contributed by atoms with Gasteiger partial charge in [0.05, 0.1) is 16.1 Å². The summed E-state index contributed by atoms with van der Waals surface area (Å²) in [6, 6.07) is 11.3. The Labute approximate surface area is 124 Å². The Balaban J connectivity index is 2.15. The van der Waals surface area contributed by atoms with E-state index in [4.69, 9.17) is 16.3 Å². The smallest absolute Gasteiger partial charge is 0.416 e. The van der Waals surface area contributed by atoms with E-state index in [1.807, 2.05) is 0 Å². The van der Waals surface area contributed by atoms with Crippen LogP contribution in [0.5, 0.6) is 0 Å². The molecule has 21 heavy (non-hydrogen) atoms. The van der Waals surface area contributed by atoms with Gasteiger partial charge in [-0.3, -0.25) is 0 Å². The Kier molecular flexibility index (Phi) is 4.53. The van der Waals surface area contributed by atoms with E-state index in [1.54, 1.807) is 30.3 Å². The minimum atomic E-state index is -4.54. The summed E-state index contributed by atoms with van der Waals surface area (Å²) in [5.74, 6) is -0.894. The maximum Gasteiger partial charge on any atom is 0.416 e. The Morgan fingerprint density at radius 3 is 2.38 bits per heavy atom. The van der Waals surface area contributed by atoms with Crippen molar-refractivity contribution in [1.82, 2.24) is 0 Å². The summed E-state index contributed by atoms with van der Waals surface area (Å²) in [4.78, 5) is 11.8. The third-order valence-electron chi connectivity index (χ3n) is 2.73. The van der Waals surface area contributed by atoms with Gasteiger partial charge >= 0.3 is 12.1 Å². The van der Waals surface area contributed by atoms with Crippen molar-refractivity contribution in [3.05, 3.63) is 70.2 Å². The van der Waals surface area contributed by atoms with Crippen LogP contribution >= 0.6 is 11.6 Å². The molecule has 0 saturated carbocycles. The van der Waals surface area contributed by atoms with Gasteiger partial charge in [-0.15, -0.1) is 0 Å². The number of alkyl halides is 3. The first-order chi connectivity index (χ1) is 9.88. The van der Waals surface area contributed by atoms with Crippen molar-refractivity contribution in [2.75, 3.05) is 0 Å². The van der Waals surface area contributed by atoms with Gasteiger partial charge in [0.2, 0.25) is 0 Å². The fourth-order valence-corrected chi connectivity index (χ4v) is 1.85. The molecule has 0 aliphatic rings. The highest BCUT2D eigenvalue weighted by atomic mass is 35.5. The minimum Gasteiger partial charge on any atom is -0.457 e. The van der Waals surface area contributed by atoms with Crippen molar-refractivity contribution >= 4 is 17.6 Å². The molecule has 0 saturated heterocycles. The monoisotopic (exact) mass is 314 g/mol. The first-order valence-electron chi connectivity index (χ1n) is 5.96. The number of halogens is 4. The molecule has 0 atom stereocenters. The van der Waals surface area contributed by atoms with Gasteiger partial charge in [-0.25, -0.2) is 4.79 Å². The molecular formula is C15H10ClF3O2. The zero-order chi connectivity index (χ0) is 15.5. The summed E-state index contributed by atoms with van der Waals surface area (Å²) in [5, 5.41) is -0.0824. The van der Waals surface area contributed by atoms with E-state index in [0.717, 1.165) is 17.7 Å². The van der Waals surface area contributed by atoms with E-state index < -0.39 is 17.7 Å². The first-order valence-corrected chi connectivity index (χ1v) is 6.33. The molecule has 0 radical (unpaired) electrons. The highest BCUT2D eigenvalue weighted by Gasteiger charge is 2.31. The first kappa shape index (κ1) is 15.4. The number of benzene rings is 2. The molecule has 0 aromatic heterocycles. The number of hydrogen-bond acceptors (Lipinski definition) is 2. The summed E-state index contributed by atoms with van der Waals surface area (Å²) in [7, 11) is 0. The van der Waals surface area contributed by atoms with Crippen molar-refractivity contribution in [2.45, 2.75) is 12.8 Å². The molecule has 2 nitrogen and oxygen atoms in total. The van der Waals surface area contributed by atoms with Gasteiger partial charge in [0, 0.05) is 0 Å². The van der Waals surface area contributed by atoms with Crippen LogP contribution in [0.2, 0.25) is 5.02 Å². The van der Waals surface area contributed by atoms with Crippen LogP contribution in [0, 0.1) is 0 Å². The number of carbonyl (C=O) groups excluding carboxylic acids is 1. The van der Waals surface area contributed by atoms with E-state index in [9.17, 15) is 18.0 Å². The van der Waals surface area contributed by atoms with E-state index in [2.05, 4.69) is 0 Å². The molecule has 2 aromatic rings. The maximum atomic E-state index is 12.6. The molecule has 0 unspecified atom stereocenters. The highest BCUT2D eigenvalue weighted by molar-refractivity contribution is 6.33. The summed E-state index contributed by atoms with van der Waals surface area (Å²) in [6.45, 7) is -0.0355. The predicted molar refractivity (Wildman–Crippen MR) is 72.0 cm³/mol. The molecule has 6 heteroatoms. The lowest BCUT2D eigenvalue weighted by Crippen LogP contribution is -2.10. The highest BCUT2D eigenvalue weighted by Crippen LogP contribution is 2.32. The summed E-state index contributed by atoms with van der Waals surface area (Å²) < 4.78 is 42.8. The maximum absolute atomic E-state index is 12.6.